The lowest BCUT2D eigenvalue weighted by Gasteiger charge is -2.07. The van der Waals surface area contributed by atoms with Crippen molar-refractivity contribution in [2.75, 3.05) is 6.54 Å². The fourth-order valence-electron chi connectivity index (χ4n) is 1.90. The van der Waals surface area contributed by atoms with E-state index in [-0.39, 0.29) is 29.8 Å². The number of thiophene rings is 1. The molecule has 9 heteroatoms. The normalized spacial score (nSPS) is 11.1. The fraction of sp³-hybridized carbons (Fsp3) is 0.200. The molecule has 2 amide bonds. The molecular formula is C15H17N3O4S2. The maximum Gasteiger partial charge on any atom is 0.261 e. The first kappa shape index (κ1) is 18.1. The molecule has 24 heavy (non-hydrogen) atoms. The molecule has 0 bridgehead atoms. The number of hydrogen-bond acceptors (Lipinski definition) is 5. The van der Waals surface area contributed by atoms with Gasteiger partial charge in [-0.2, -0.15) is 0 Å². The number of primary sulfonamides is 1. The molecule has 0 aliphatic carbocycles. The number of nitrogens with one attached hydrogen (secondary N) is 2. The Labute approximate surface area is 143 Å². The van der Waals surface area contributed by atoms with Crippen molar-refractivity contribution in [1.82, 2.24) is 10.6 Å². The van der Waals surface area contributed by atoms with Crippen molar-refractivity contribution in [3.63, 3.8) is 0 Å². The summed E-state index contributed by atoms with van der Waals surface area (Å²) in [7, 11) is -3.78. The lowest BCUT2D eigenvalue weighted by Crippen LogP contribution is -2.36. The highest BCUT2D eigenvalue weighted by Gasteiger charge is 2.11. The van der Waals surface area contributed by atoms with Crippen molar-refractivity contribution < 1.29 is 18.0 Å². The number of sulfonamides is 1. The Morgan fingerprint density at radius 3 is 2.54 bits per heavy atom. The van der Waals surface area contributed by atoms with Crippen LogP contribution >= 0.6 is 11.3 Å². The second-order valence-electron chi connectivity index (χ2n) is 5.06. The smallest absolute Gasteiger partial charge is 0.261 e. The van der Waals surface area contributed by atoms with Crippen molar-refractivity contribution in [1.29, 1.82) is 0 Å². The first-order valence-corrected chi connectivity index (χ1v) is 9.35. The van der Waals surface area contributed by atoms with Gasteiger partial charge in [0.25, 0.3) is 5.91 Å². The van der Waals surface area contributed by atoms with Gasteiger partial charge in [0.15, 0.2) is 0 Å². The van der Waals surface area contributed by atoms with E-state index < -0.39 is 10.0 Å². The minimum absolute atomic E-state index is 0.0179. The molecule has 0 saturated carbocycles. The van der Waals surface area contributed by atoms with E-state index in [0.717, 1.165) is 4.88 Å². The van der Waals surface area contributed by atoms with Crippen LogP contribution < -0.4 is 15.8 Å². The summed E-state index contributed by atoms with van der Waals surface area (Å²) in [4.78, 5) is 25.1. The molecule has 0 atom stereocenters. The Morgan fingerprint density at radius 2 is 1.92 bits per heavy atom. The minimum Gasteiger partial charge on any atom is -0.350 e. The summed E-state index contributed by atoms with van der Waals surface area (Å²) in [5.74, 6) is -0.683. The van der Waals surface area contributed by atoms with Crippen LogP contribution in [-0.4, -0.2) is 26.8 Å². The molecule has 0 unspecified atom stereocenters. The maximum absolute atomic E-state index is 11.8. The van der Waals surface area contributed by atoms with Crippen molar-refractivity contribution in [3.05, 3.63) is 51.7 Å². The van der Waals surface area contributed by atoms with E-state index in [1.54, 1.807) is 18.2 Å². The molecule has 1 aromatic carbocycles. The number of carbonyl (C=O) groups is 2. The van der Waals surface area contributed by atoms with Crippen molar-refractivity contribution in [3.8, 4) is 0 Å². The highest BCUT2D eigenvalue weighted by atomic mass is 32.2. The van der Waals surface area contributed by atoms with Crippen LogP contribution in [0.3, 0.4) is 0 Å². The minimum atomic E-state index is -3.78. The molecule has 7 nitrogen and oxygen atoms in total. The van der Waals surface area contributed by atoms with Gasteiger partial charge in [0.1, 0.15) is 0 Å². The standard InChI is InChI=1S/C15H17N3O4S2/c1-10-5-6-13(23-10)15(20)18-9-14(19)17-8-11-3-2-4-12(7-11)24(16,21)22/h2-7H,8-9H2,1H3,(H,17,19)(H,18,20)(H2,16,21,22). The van der Waals surface area contributed by atoms with E-state index >= 15 is 0 Å². The first-order chi connectivity index (χ1) is 11.3. The Bertz CT molecular complexity index is 859. The molecule has 128 valence electrons. The third kappa shape index (κ3) is 5.15. The molecule has 0 aliphatic rings. The highest BCUT2D eigenvalue weighted by molar-refractivity contribution is 7.89. The molecule has 1 heterocycles. The van der Waals surface area contributed by atoms with Gasteiger partial charge in [-0.15, -0.1) is 11.3 Å². The third-order valence-electron chi connectivity index (χ3n) is 3.09. The Hall–Kier alpha value is -2.23. The van der Waals surface area contributed by atoms with E-state index in [2.05, 4.69) is 10.6 Å². The molecule has 0 radical (unpaired) electrons. The zero-order chi connectivity index (χ0) is 17.7. The highest BCUT2D eigenvalue weighted by Crippen LogP contribution is 2.14. The molecule has 0 fully saturated rings. The third-order valence-corrected chi connectivity index (χ3v) is 5.00. The van der Waals surface area contributed by atoms with E-state index in [1.807, 2.05) is 13.0 Å². The molecule has 0 saturated heterocycles. The number of nitrogens with two attached hydrogens (primary N) is 1. The molecule has 2 rings (SSSR count). The Morgan fingerprint density at radius 1 is 1.17 bits per heavy atom. The summed E-state index contributed by atoms with van der Waals surface area (Å²) < 4.78 is 22.6. The van der Waals surface area contributed by atoms with Crippen LogP contribution in [0.25, 0.3) is 0 Å². The monoisotopic (exact) mass is 367 g/mol. The van der Waals surface area contributed by atoms with Crippen LogP contribution in [0.4, 0.5) is 0 Å². The van der Waals surface area contributed by atoms with E-state index in [4.69, 9.17) is 5.14 Å². The average molecular weight is 367 g/mol. The van der Waals surface area contributed by atoms with Crippen LogP contribution in [0.2, 0.25) is 0 Å². The van der Waals surface area contributed by atoms with Gasteiger partial charge in [0.2, 0.25) is 15.9 Å². The summed E-state index contributed by atoms with van der Waals surface area (Å²) in [5, 5.41) is 10.2. The lowest BCUT2D eigenvalue weighted by molar-refractivity contribution is -0.120. The van der Waals surface area contributed by atoms with Gasteiger partial charge in [-0.3, -0.25) is 9.59 Å². The Balaban J connectivity index is 1.84. The van der Waals surface area contributed by atoms with Crippen LogP contribution in [-0.2, 0) is 21.4 Å². The van der Waals surface area contributed by atoms with Gasteiger partial charge in [0, 0.05) is 11.4 Å². The first-order valence-electron chi connectivity index (χ1n) is 6.99. The van der Waals surface area contributed by atoms with Gasteiger partial charge in [0.05, 0.1) is 16.3 Å². The van der Waals surface area contributed by atoms with Gasteiger partial charge in [-0.25, -0.2) is 13.6 Å². The van der Waals surface area contributed by atoms with Crippen LogP contribution in [0.1, 0.15) is 20.1 Å². The van der Waals surface area contributed by atoms with Gasteiger partial charge in [-0.05, 0) is 36.8 Å². The molecule has 0 aliphatic heterocycles. The zero-order valence-electron chi connectivity index (χ0n) is 12.9. The molecule has 0 spiro atoms. The van der Waals surface area contributed by atoms with E-state index in [9.17, 15) is 18.0 Å². The summed E-state index contributed by atoms with van der Waals surface area (Å²) >= 11 is 1.35. The van der Waals surface area contributed by atoms with Crippen LogP contribution in [0.5, 0.6) is 0 Å². The molecule has 2 aromatic rings. The van der Waals surface area contributed by atoms with Crippen LogP contribution in [0, 0.1) is 6.92 Å². The zero-order valence-corrected chi connectivity index (χ0v) is 14.5. The van der Waals surface area contributed by atoms with Gasteiger partial charge in [-0.1, -0.05) is 12.1 Å². The van der Waals surface area contributed by atoms with Gasteiger partial charge >= 0.3 is 0 Å². The number of amides is 2. The predicted octanol–water partition coefficient (Wildman–Crippen LogP) is 0.750. The largest absolute Gasteiger partial charge is 0.350 e. The summed E-state index contributed by atoms with van der Waals surface area (Å²) in [6.07, 6.45) is 0. The maximum atomic E-state index is 11.8. The van der Waals surface area contributed by atoms with E-state index in [0.29, 0.717) is 10.4 Å². The van der Waals surface area contributed by atoms with Crippen molar-refractivity contribution >= 4 is 33.2 Å². The van der Waals surface area contributed by atoms with Crippen LogP contribution in [0.15, 0.2) is 41.3 Å². The fourth-order valence-corrected chi connectivity index (χ4v) is 3.27. The topological polar surface area (TPSA) is 118 Å². The predicted molar refractivity (Wildman–Crippen MR) is 91.1 cm³/mol. The second kappa shape index (κ2) is 7.56. The number of aryl methyl sites for hydroxylation is 1. The molecule has 4 N–H and O–H groups in total. The van der Waals surface area contributed by atoms with Crippen molar-refractivity contribution in [2.45, 2.75) is 18.4 Å². The van der Waals surface area contributed by atoms with E-state index in [1.165, 1.54) is 23.5 Å². The Kier molecular flexibility index (Phi) is 5.71. The molecular weight excluding hydrogens is 350 g/mol. The summed E-state index contributed by atoms with van der Waals surface area (Å²) in [6, 6.07) is 9.51. The number of carbonyl (C=O) groups excluding carboxylic acids is 2. The quantitative estimate of drug-likeness (QED) is 0.698. The summed E-state index contributed by atoms with van der Waals surface area (Å²) in [5.41, 5.74) is 0.593. The summed E-state index contributed by atoms with van der Waals surface area (Å²) in [6.45, 7) is 1.87. The number of benzene rings is 1. The number of hydrogen-bond donors (Lipinski definition) is 3. The SMILES string of the molecule is Cc1ccc(C(=O)NCC(=O)NCc2cccc(S(N)(=O)=O)c2)s1. The van der Waals surface area contributed by atoms with Crippen molar-refractivity contribution in [2.24, 2.45) is 5.14 Å². The lowest BCUT2D eigenvalue weighted by atomic mass is 10.2. The number of rotatable bonds is 6. The average Bonchev–Trinajstić information content (AvgIpc) is 2.96. The molecule has 1 aromatic heterocycles. The van der Waals surface area contributed by atoms with Gasteiger partial charge < -0.3 is 10.6 Å². The second-order valence-corrected chi connectivity index (χ2v) is 7.91.